The second-order valence-corrected chi connectivity index (χ2v) is 9.11. The predicted octanol–water partition coefficient (Wildman–Crippen LogP) is 5.12. The van der Waals surface area contributed by atoms with Crippen molar-refractivity contribution >= 4 is 17.6 Å². The van der Waals surface area contributed by atoms with Crippen LogP contribution >= 0.6 is 0 Å². The lowest BCUT2D eigenvalue weighted by molar-refractivity contribution is -0.0224. The predicted molar refractivity (Wildman–Crippen MR) is 118 cm³/mol. The van der Waals surface area contributed by atoms with E-state index < -0.39 is 29.2 Å². The highest BCUT2D eigenvalue weighted by atomic mass is 19.2. The van der Waals surface area contributed by atoms with Gasteiger partial charge in [0.25, 0.3) is 5.91 Å². The number of benzene rings is 2. The monoisotopic (exact) mass is 440 g/mol. The second kappa shape index (κ2) is 7.81. The van der Waals surface area contributed by atoms with Gasteiger partial charge in [-0.1, -0.05) is 30.8 Å². The average Bonchev–Trinajstić information content (AvgIpc) is 3.47. The Balaban J connectivity index is 1.75. The molecule has 0 aromatic heterocycles. The number of nitrogens with one attached hydrogen (secondary N) is 1. The van der Waals surface area contributed by atoms with Crippen molar-refractivity contribution < 1.29 is 23.4 Å². The van der Waals surface area contributed by atoms with Crippen molar-refractivity contribution in [2.24, 2.45) is 5.92 Å². The third kappa shape index (κ3) is 3.93. The third-order valence-electron chi connectivity index (χ3n) is 6.02. The van der Waals surface area contributed by atoms with Crippen LogP contribution in [0.2, 0.25) is 0 Å². The first-order valence-corrected chi connectivity index (χ1v) is 10.6. The minimum absolute atomic E-state index is 0.0178. The summed E-state index contributed by atoms with van der Waals surface area (Å²) in [4.78, 5) is 15.0. The van der Waals surface area contributed by atoms with Gasteiger partial charge in [0.15, 0.2) is 17.5 Å². The van der Waals surface area contributed by atoms with E-state index in [2.05, 4.69) is 6.58 Å². The zero-order valence-electron chi connectivity index (χ0n) is 18.3. The lowest BCUT2D eigenvalue weighted by Gasteiger charge is -2.37. The first-order chi connectivity index (χ1) is 15.0. The summed E-state index contributed by atoms with van der Waals surface area (Å²) in [5.74, 6) is -2.08. The highest BCUT2D eigenvalue weighted by molar-refractivity contribution is 6.05. The van der Waals surface area contributed by atoms with E-state index in [1.807, 2.05) is 0 Å². The van der Waals surface area contributed by atoms with Crippen molar-refractivity contribution in [3.05, 3.63) is 65.2 Å². The largest absolute Gasteiger partial charge is 0.444 e. The van der Waals surface area contributed by atoms with Crippen molar-refractivity contribution in [2.45, 2.75) is 51.8 Å². The van der Waals surface area contributed by atoms with Crippen LogP contribution in [-0.4, -0.2) is 33.5 Å². The molecule has 0 bridgehead atoms. The van der Waals surface area contributed by atoms with Gasteiger partial charge in [-0.2, -0.15) is 0 Å². The first-order valence-electron chi connectivity index (χ1n) is 10.6. The summed E-state index contributed by atoms with van der Waals surface area (Å²) in [5, 5.41) is 18.1. The Morgan fingerprint density at radius 1 is 1.25 bits per heavy atom. The fourth-order valence-electron chi connectivity index (χ4n) is 4.63. The lowest BCUT2D eigenvalue weighted by atomic mass is 9.92. The van der Waals surface area contributed by atoms with E-state index in [0.717, 1.165) is 18.9 Å². The number of hydrogen-bond donors (Lipinski definition) is 2. The van der Waals surface area contributed by atoms with E-state index >= 15 is 4.39 Å². The standard InChI is InChI=1S/C25H26F2N2O3/c1-13(32-14(2)28)15-5-7-16(8-6-15)20-21-18(11-19(26)22(20)27)12-29(24(21)30)23(17-9-10-17)25(3,4)31/h5-8,11,17,23,28,31H,1,9-10,12H2,2-4H3/t23-/m1/s1. The minimum atomic E-state index is -1.13. The number of halogens is 2. The smallest absolute Gasteiger partial charge is 0.255 e. The number of rotatable bonds is 6. The molecule has 0 saturated heterocycles. The average molecular weight is 440 g/mol. The van der Waals surface area contributed by atoms with Gasteiger partial charge in [-0.05, 0) is 49.8 Å². The molecular weight excluding hydrogens is 414 g/mol. The molecular formula is C25H26F2N2O3. The molecule has 2 aromatic carbocycles. The van der Waals surface area contributed by atoms with Crippen LogP contribution in [0.4, 0.5) is 8.78 Å². The lowest BCUT2D eigenvalue weighted by Crippen LogP contribution is -2.51. The van der Waals surface area contributed by atoms with Gasteiger partial charge in [0.05, 0.1) is 17.2 Å². The van der Waals surface area contributed by atoms with Crippen molar-refractivity contribution in [3.8, 4) is 11.1 Å². The normalized spacial score (nSPS) is 16.7. The molecule has 0 radical (unpaired) electrons. The summed E-state index contributed by atoms with van der Waals surface area (Å²) < 4.78 is 34.7. The Morgan fingerprint density at radius 2 is 1.88 bits per heavy atom. The van der Waals surface area contributed by atoms with Gasteiger partial charge in [-0.3, -0.25) is 10.2 Å². The molecule has 2 aromatic rings. The van der Waals surface area contributed by atoms with E-state index in [0.29, 0.717) is 16.7 Å². The summed E-state index contributed by atoms with van der Waals surface area (Å²) in [6.45, 7) is 8.70. The van der Waals surface area contributed by atoms with Crippen molar-refractivity contribution in [1.82, 2.24) is 4.90 Å². The number of nitrogens with zero attached hydrogens (tertiary/aromatic N) is 1. The van der Waals surface area contributed by atoms with Crippen LogP contribution in [-0.2, 0) is 11.3 Å². The molecule has 2 N–H and O–H groups in total. The zero-order valence-corrected chi connectivity index (χ0v) is 18.3. The van der Waals surface area contributed by atoms with Crippen molar-refractivity contribution in [2.75, 3.05) is 0 Å². The fraction of sp³-hybridized carbons (Fsp3) is 0.360. The first kappa shape index (κ1) is 22.1. The molecule has 1 fully saturated rings. The Kier molecular flexibility index (Phi) is 5.41. The molecule has 0 unspecified atom stereocenters. The molecule has 2 aliphatic rings. The summed E-state index contributed by atoms with van der Waals surface area (Å²) in [7, 11) is 0. The summed E-state index contributed by atoms with van der Waals surface area (Å²) in [6, 6.07) is 7.05. The van der Waals surface area contributed by atoms with Gasteiger partial charge >= 0.3 is 0 Å². The molecule has 0 spiro atoms. The number of hydrogen-bond acceptors (Lipinski definition) is 4. The number of aliphatic hydroxyl groups is 1. The highest BCUT2D eigenvalue weighted by Crippen LogP contribution is 2.45. The van der Waals surface area contributed by atoms with E-state index in [4.69, 9.17) is 10.1 Å². The van der Waals surface area contributed by atoms with Crippen LogP contribution in [0.1, 0.15) is 55.1 Å². The van der Waals surface area contributed by atoms with Gasteiger partial charge in [-0.15, -0.1) is 0 Å². The number of fused-ring (bicyclic) bond motifs is 1. The molecule has 1 atom stereocenters. The molecule has 1 saturated carbocycles. The van der Waals surface area contributed by atoms with E-state index in [1.165, 1.54) is 6.92 Å². The number of ether oxygens (including phenoxy) is 1. The number of carbonyl (C=O) groups excluding carboxylic acids is 1. The molecule has 7 heteroatoms. The Labute approximate surface area is 185 Å². The maximum absolute atomic E-state index is 15.0. The number of amides is 1. The van der Waals surface area contributed by atoms with Crippen LogP contribution in [0.25, 0.3) is 16.9 Å². The van der Waals surface area contributed by atoms with Crippen LogP contribution in [0, 0.1) is 23.0 Å². The molecule has 1 aliphatic heterocycles. The molecule has 4 rings (SSSR count). The van der Waals surface area contributed by atoms with Crippen LogP contribution in [0.5, 0.6) is 0 Å². The maximum atomic E-state index is 15.0. The van der Waals surface area contributed by atoms with E-state index in [9.17, 15) is 14.3 Å². The Bertz CT molecular complexity index is 1120. The Hall–Kier alpha value is -3.06. The van der Waals surface area contributed by atoms with Gasteiger partial charge in [0, 0.05) is 24.6 Å². The molecule has 1 aliphatic carbocycles. The maximum Gasteiger partial charge on any atom is 0.255 e. The van der Waals surface area contributed by atoms with Crippen molar-refractivity contribution in [3.63, 3.8) is 0 Å². The quantitative estimate of drug-likeness (QED) is 0.372. The topological polar surface area (TPSA) is 73.6 Å². The van der Waals surface area contributed by atoms with Gasteiger partial charge in [0.1, 0.15) is 5.76 Å². The van der Waals surface area contributed by atoms with Crippen LogP contribution < -0.4 is 0 Å². The van der Waals surface area contributed by atoms with Crippen molar-refractivity contribution in [1.29, 1.82) is 5.41 Å². The SMILES string of the molecule is C=C(OC(C)=N)c1ccc(-c2c(F)c(F)cc3c2C(=O)N([C@H](C2CC2)C(C)(C)O)C3)cc1. The summed E-state index contributed by atoms with van der Waals surface area (Å²) in [6.07, 6.45) is 1.82. The van der Waals surface area contributed by atoms with E-state index in [-0.39, 0.29) is 35.2 Å². The zero-order chi connectivity index (χ0) is 23.4. The Morgan fingerprint density at radius 3 is 2.41 bits per heavy atom. The third-order valence-corrected chi connectivity index (χ3v) is 6.02. The molecule has 5 nitrogen and oxygen atoms in total. The fourth-order valence-corrected chi connectivity index (χ4v) is 4.63. The molecule has 1 amide bonds. The molecule has 32 heavy (non-hydrogen) atoms. The molecule has 168 valence electrons. The number of carbonyl (C=O) groups is 1. The van der Waals surface area contributed by atoms with E-state index in [1.54, 1.807) is 43.0 Å². The minimum Gasteiger partial charge on any atom is -0.444 e. The van der Waals surface area contributed by atoms with Gasteiger partial charge < -0.3 is 14.7 Å². The summed E-state index contributed by atoms with van der Waals surface area (Å²) in [5.41, 5.74) is 0.261. The highest BCUT2D eigenvalue weighted by Gasteiger charge is 2.48. The summed E-state index contributed by atoms with van der Waals surface area (Å²) >= 11 is 0. The van der Waals surface area contributed by atoms with Crippen LogP contribution in [0.15, 0.2) is 36.9 Å². The van der Waals surface area contributed by atoms with Gasteiger partial charge in [0.2, 0.25) is 0 Å². The molecule has 1 heterocycles. The second-order valence-electron chi connectivity index (χ2n) is 9.11. The van der Waals surface area contributed by atoms with Gasteiger partial charge in [-0.25, -0.2) is 8.78 Å². The van der Waals surface area contributed by atoms with Crippen LogP contribution in [0.3, 0.4) is 0 Å².